The van der Waals surface area contributed by atoms with Crippen molar-refractivity contribution in [2.24, 2.45) is 0 Å². The average Bonchev–Trinajstić information content (AvgIpc) is 3.48. The van der Waals surface area contributed by atoms with E-state index < -0.39 is 13.3 Å². The first-order valence-electron chi connectivity index (χ1n) is 15.1. The molecule has 0 radical (unpaired) electrons. The van der Waals surface area contributed by atoms with Crippen molar-refractivity contribution in [1.82, 2.24) is 15.0 Å². The summed E-state index contributed by atoms with van der Waals surface area (Å²) in [6.07, 6.45) is 0. The molecule has 4 aromatic heterocycles. The van der Waals surface area contributed by atoms with Gasteiger partial charge in [0, 0.05) is 0 Å². The molecule has 3 nitrogen and oxygen atoms in total. The second-order valence-electron chi connectivity index (χ2n) is 11.3. The molecule has 0 saturated heterocycles. The van der Waals surface area contributed by atoms with Gasteiger partial charge < -0.3 is 0 Å². The zero-order chi connectivity index (χ0) is 30.2. The molecule has 0 N–H and O–H groups in total. The molecule has 0 spiro atoms. The summed E-state index contributed by atoms with van der Waals surface area (Å²) in [5, 5.41) is 2.55. The van der Waals surface area contributed by atoms with Gasteiger partial charge in [-0.2, -0.15) is 0 Å². The first kappa shape index (κ1) is 27.9. The van der Waals surface area contributed by atoms with E-state index in [4.69, 9.17) is 15.0 Å². The van der Waals surface area contributed by atoms with Crippen LogP contribution in [0.15, 0.2) is 158 Å². The van der Waals surface area contributed by atoms with Crippen molar-refractivity contribution in [2.75, 3.05) is 0 Å². The summed E-state index contributed by atoms with van der Waals surface area (Å²) < 4.78 is 7.43. The van der Waals surface area contributed by atoms with Gasteiger partial charge in [-0.3, -0.25) is 0 Å². The van der Waals surface area contributed by atoms with Gasteiger partial charge in [0.1, 0.15) is 0 Å². The Labute approximate surface area is 271 Å². The Morgan fingerprint density at radius 1 is 0.467 bits per heavy atom. The van der Waals surface area contributed by atoms with E-state index in [-0.39, 0.29) is 14.5 Å². The fourth-order valence-corrected chi connectivity index (χ4v) is 18.4. The van der Waals surface area contributed by atoms with Crippen molar-refractivity contribution in [3.05, 3.63) is 163 Å². The Balaban J connectivity index is 1.41. The van der Waals surface area contributed by atoms with Crippen LogP contribution in [-0.2, 0) is 0 Å². The van der Waals surface area contributed by atoms with Crippen LogP contribution in [0.5, 0.6) is 0 Å². The molecule has 0 aliphatic rings. The second-order valence-corrected chi connectivity index (χ2v) is 21.1. The van der Waals surface area contributed by atoms with Gasteiger partial charge in [-0.05, 0) is 0 Å². The van der Waals surface area contributed by atoms with Crippen LogP contribution in [-0.4, -0.2) is 42.7 Å². The number of rotatable bonds is 6. The van der Waals surface area contributed by atoms with E-state index in [0.717, 1.165) is 31.7 Å². The fraction of sp³-hybridized carbons (Fsp3) is 0.0250. The van der Waals surface area contributed by atoms with E-state index in [1.165, 1.54) is 33.8 Å². The predicted molar refractivity (Wildman–Crippen MR) is 191 cm³/mol. The van der Waals surface area contributed by atoms with E-state index in [2.05, 4.69) is 165 Å². The summed E-state index contributed by atoms with van der Waals surface area (Å²) in [4.78, 5) is 16.0. The van der Waals surface area contributed by atoms with Crippen molar-refractivity contribution in [2.45, 2.75) is 6.92 Å². The first-order chi connectivity index (χ1) is 22.2. The molecule has 45 heavy (non-hydrogen) atoms. The minimum absolute atomic E-state index is 0.119. The number of aromatic nitrogens is 3. The summed E-state index contributed by atoms with van der Waals surface area (Å²) in [6.45, 7) is 2.07. The number of nitrogens with zero attached hydrogens (tertiary/aromatic N) is 3. The predicted octanol–water partition coefficient (Wildman–Crippen LogP) is 6.25. The van der Waals surface area contributed by atoms with Crippen LogP contribution in [0.2, 0.25) is 0 Å². The van der Waals surface area contributed by atoms with Crippen LogP contribution >= 0.6 is 0 Å². The molecule has 4 heterocycles. The molecule has 0 fully saturated rings. The fourth-order valence-electron chi connectivity index (χ4n) is 6.45. The van der Waals surface area contributed by atoms with E-state index in [0.29, 0.717) is 0 Å². The molecular formula is C40H29GeN3Se. The topological polar surface area (TPSA) is 38.7 Å². The Hall–Kier alpha value is -4.61. The van der Waals surface area contributed by atoms with Crippen molar-refractivity contribution < 1.29 is 0 Å². The molecule has 214 valence electrons. The Kier molecular flexibility index (Phi) is 7.27. The second kappa shape index (κ2) is 11.7. The zero-order valence-electron chi connectivity index (χ0n) is 24.8. The van der Waals surface area contributed by atoms with Crippen LogP contribution in [0.4, 0.5) is 0 Å². The van der Waals surface area contributed by atoms with Crippen molar-refractivity contribution in [3.63, 3.8) is 0 Å². The van der Waals surface area contributed by atoms with Gasteiger partial charge in [0.05, 0.1) is 0 Å². The SMILES string of the molecule is Cc1ccc2c(n1)[se]c1c(-c3ccc[c]([Ge]([c]4ccccc4)([c]4ccccc4)[c]4cccc(-c5ccccc5)n4)n3)cccc12. The van der Waals surface area contributed by atoms with Crippen molar-refractivity contribution in [3.8, 4) is 22.5 Å². The number of hydrogen-bond donors (Lipinski definition) is 0. The molecule has 8 rings (SSSR count). The van der Waals surface area contributed by atoms with Gasteiger partial charge in [0.15, 0.2) is 0 Å². The number of aryl methyl sites for hydroxylation is 1. The summed E-state index contributed by atoms with van der Waals surface area (Å²) in [6, 6.07) is 56.6. The normalized spacial score (nSPS) is 11.7. The molecule has 0 aliphatic carbocycles. The van der Waals surface area contributed by atoms with Gasteiger partial charge in [0.25, 0.3) is 0 Å². The van der Waals surface area contributed by atoms with Gasteiger partial charge in [-0.25, -0.2) is 0 Å². The molecule has 0 aliphatic heterocycles. The van der Waals surface area contributed by atoms with Crippen LogP contribution in [0, 0.1) is 6.92 Å². The van der Waals surface area contributed by atoms with E-state index in [9.17, 15) is 0 Å². The number of fused-ring (bicyclic) bond motifs is 3. The van der Waals surface area contributed by atoms with Gasteiger partial charge >= 0.3 is 273 Å². The summed E-state index contributed by atoms with van der Waals surface area (Å²) >= 11 is -3.61. The maximum atomic E-state index is 5.64. The molecule has 0 saturated carbocycles. The Morgan fingerprint density at radius 2 is 1.04 bits per heavy atom. The van der Waals surface area contributed by atoms with Crippen LogP contribution in [0.1, 0.15) is 5.69 Å². The monoisotopic (exact) mass is 705 g/mol. The summed E-state index contributed by atoms with van der Waals surface area (Å²) in [7, 11) is 0. The number of pyridine rings is 3. The number of benzene rings is 4. The molecular weight excluding hydrogens is 674 g/mol. The van der Waals surface area contributed by atoms with Gasteiger partial charge in [-0.15, -0.1) is 0 Å². The third kappa shape index (κ3) is 4.87. The molecule has 8 aromatic rings. The Bertz CT molecular complexity index is 2240. The Morgan fingerprint density at radius 3 is 1.71 bits per heavy atom. The van der Waals surface area contributed by atoms with Crippen LogP contribution in [0.25, 0.3) is 41.9 Å². The average molecular weight is 703 g/mol. The maximum absolute atomic E-state index is 5.64. The number of hydrogen-bond acceptors (Lipinski definition) is 3. The van der Waals surface area contributed by atoms with Crippen LogP contribution in [0.3, 0.4) is 0 Å². The van der Waals surface area contributed by atoms with E-state index in [1.807, 2.05) is 0 Å². The van der Waals surface area contributed by atoms with E-state index >= 15 is 0 Å². The minimum atomic E-state index is -3.72. The van der Waals surface area contributed by atoms with Gasteiger partial charge in [0.2, 0.25) is 0 Å². The molecule has 0 amide bonds. The van der Waals surface area contributed by atoms with Gasteiger partial charge in [-0.1, -0.05) is 0 Å². The third-order valence-electron chi connectivity index (χ3n) is 8.53. The van der Waals surface area contributed by atoms with Crippen LogP contribution < -0.4 is 17.8 Å². The quantitative estimate of drug-likeness (QED) is 0.192. The third-order valence-corrected chi connectivity index (χ3v) is 20.4. The molecule has 0 atom stereocenters. The molecule has 0 unspecified atom stereocenters. The van der Waals surface area contributed by atoms with Crippen molar-refractivity contribution >= 4 is 65.0 Å². The van der Waals surface area contributed by atoms with Crippen molar-refractivity contribution in [1.29, 1.82) is 0 Å². The molecule has 0 bridgehead atoms. The standard InChI is InChI=1S/C40H29GeN3Se/c1-28-26-27-33-32-20-11-21-34(39(32)45-40(33)42-28)36-23-13-25-38(44-36)41(30-16-7-3-8-17-30,31-18-9-4-10-19-31)37-24-12-22-35(43-37)29-14-5-2-6-15-29/h2-27H,1H3. The summed E-state index contributed by atoms with van der Waals surface area (Å²) in [5.41, 5.74) is 5.38. The molecule has 4 aromatic carbocycles. The summed E-state index contributed by atoms with van der Waals surface area (Å²) in [5.74, 6) is 0. The first-order valence-corrected chi connectivity index (χ1v) is 21.0. The zero-order valence-corrected chi connectivity index (χ0v) is 28.6. The molecule has 5 heteroatoms. The van der Waals surface area contributed by atoms with E-state index in [1.54, 1.807) is 0 Å².